The van der Waals surface area contributed by atoms with Gasteiger partial charge in [-0.15, -0.1) is 11.3 Å². The molecule has 12 nitrogen and oxygen atoms in total. The highest BCUT2D eigenvalue weighted by Gasteiger charge is 2.42. The number of furan rings is 1. The standard InChI is InChI=1S/C42H28N4O.C42H28N4S.C35H25N3/c2*1-42(2)31-20-9-6-16-28(31)36-32(42)23-24-34-37(36)29-17-7-10-21-33(29)46(34)41-44-39(25-13-4-3-5-14-25)43-40(45-41)30-19-12-18-27-26-15-8-11-22-35(26)47-38(27)30;1-35(2)25-16-8-6-14-23(25)31-26(35)20-21-30-32(31)24-15-7-11-19-29(24)38(30)34-33(22-12-4-3-5-13-22)36-27-17-9-10-18-28(27)37-34/h2*3-24H,1-2H3;3-21H,1-2H3. The summed E-state index contributed by atoms with van der Waals surface area (Å²) in [5.74, 6) is 4.54. The van der Waals surface area contributed by atoms with Crippen molar-refractivity contribution in [2.45, 2.75) is 57.8 Å². The molecule has 132 heavy (non-hydrogen) atoms. The SMILES string of the molecule is CC1(C)c2ccccc2-c2c1ccc1c2c2ccccc2n1-c1nc(-c2ccccc2)nc(-c2cccc3c2oc2ccccc23)n1.CC1(C)c2ccccc2-c2c1ccc1c2c2ccccc2n1-c1nc(-c2ccccc2)nc(-c2cccc3c2sc2ccccc23)n1.CC1(C)c2ccccc2-c2c1ccc1c2c2ccccc2n1-c1nc2ccccc2nc1-c1ccccc1. The van der Waals surface area contributed by atoms with Crippen molar-refractivity contribution in [2.24, 2.45) is 0 Å². The largest absolute Gasteiger partial charge is 0.455 e. The van der Waals surface area contributed by atoms with E-state index in [-0.39, 0.29) is 16.2 Å². The van der Waals surface area contributed by atoms with E-state index in [4.69, 9.17) is 44.3 Å². The first-order chi connectivity index (χ1) is 64.8. The third-order valence-electron chi connectivity index (χ3n) is 28.0. The molecular weight excluding hydrogens is 1630 g/mol. The van der Waals surface area contributed by atoms with E-state index in [1.54, 1.807) is 11.3 Å². The van der Waals surface area contributed by atoms with Gasteiger partial charge in [0.25, 0.3) is 0 Å². The van der Waals surface area contributed by atoms with E-state index in [9.17, 15) is 0 Å². The molecule has 0 bridgehead atoms. The molecule has 0 aliphatic heterocycles. The molecule has 0 amide bonds. The van der Waals surface area contributed by atoms with Gasteiger partial charge in [0, 0.05) is 102 Å². The average Bonchev–Trinajstić information content (AvgIpc) is 1.55. The first-order valence-corrected chi connectivity index (χ1v) is 45.9. The van der Waals surface area contributed by atoms with E-state index < -0.39 is 0 Å². The summed E-state index contributed by atoms with van der Waals surface area (Å²) >= 11 is 1.79. The predicted molar refractivity (Wildman–Crippen MR) is 542 cm³/mol. The molecule has 0 atom stereocenters. The van der Waals surface area contributed by atoms with Crippen molar-refractivity contribution in [3.8, 4) is 108 Å². The summed E-state index contributed by atoms with van der Waals surface area (Å²) in [5.41, 5.74) is 31.4. The number of hydrogen-bond acceptors (Lipinski definition) is 10. The Morgan fingerprint density at radius 1 is 0.242 bits per heavy atom. The molecule has 0 saturated heterocycles. The monoisotopic (exact) mass is 1710 g/mol. The van der Waals surface area contributed by atoms with Crippen molar-refractivity contribution < 1.29 is 4.42 Å². The van der Waals surface area contributed by atoms with Crippen molar-refractivity contribution in [3.05, 3.63) is 416 Å². The van der Waals surface area contributed by atoms with Gasteiger partial charge < -0.3 is 4.42 Å². The van der Waals surface area contributed by atoms with Crippen LogP contribution in [0.3, 0.4) is 0 Å². The molecule has 3 aliphatic carbocycles. The molecule has 624 valence electrons. The number of para-hydroxylation sites is 7. The third kappa shape index (κ3) is 11.5. The van der Waals surface area contributed by atoms with Crippen molar-refractivity contribution in [1.82, 2.24) is 53.6 Å². The summed E-state index contributed by atoms with van der Waals surface area (Å²) in [6.45, 7) is 14.0. The van der Waals surface area contributed by atoms with E-state index >= 15 is 0 Å². The molecular formula is C119H81N11OS. The first-order valence-electron chi connectivity index (χ1n) is 45.1. The molecule has 0 unspecified atom stereocenters. The Bertz CT molecular complexity index is 8770. The number of fused-ring (bicyclic) bond motifs is 28. The molecule has 13 heteroatoms. The van der Waals surface area contributed by atoms with Gasteiger partial charge in [0.15, 0.2) is 29.1 Å². The quantitative estimate of drug-likeness (QED) is 0.146. The Labute approximate surface area is 763 Å². The van der Waals surface area contributed by atoms with Gasteiger partial charge in [0.1, 0.15) is 16.9 Å². The summed E-state index contributed by atoms with van der Waals surface area (Å²) < 4.78 is 15.7. The Kier molecular flexibility index (Phi) is 17.0. The number of rotatable bonds is 8. The summed E-state index contributed by atoms with van der Waals surface area (Å²) in [5, 5.41) is 11.9. The highest BCUT2D eigenvalue weighted by Crippen LogP contribution is 2.58. The molecule has 0 saturated carbocycles. The second-order valence-electron chi connectivity index (χ2n) is 36.3. The van der Waals surface area contributed by atoms with Gasteiger partial charge in [0.05, 0.1) is 49.7 Å². The second-order valence-corrected chi connectivity index (χ2v) is 37.4. The number of benzene rings is 17. The van der Waals surface area contributed by atoms with Crippen LogP contribution < -0.4 is 0 Å². The van der Waals surface area contributed by atoms with Crippen LogP contribution in [0, 0.1) is 0 Å². The maximum Gasteiger partial charge on any atom is 0.238 e. The van der Waals surface area contributed by atoms with Crippen molar-refractivity contribution in [1.29, 1.82) is 0 Å². The zero-order valence-electron chi connectivity index (χ0n) is 73.1. The summed E-state index contributed by atoms with van der Waals surface area (Å²) in [6, 6.07) is 135. The van der Waals surface area contributed by atoms with Crippen molar-refractivity contribution >= 4 is 130 Å². The van der Waals surface area contributed by atoms with E-state index in [0.717, 1.165) is 105 Å². The van der Waals surface area contributed by atoms with Crippen LogP contribution in [0.25, 0.3) is 226 Å². The Balaban J connectivity index is 0.000000104. The van der Waals surface area contributed by atoms with Crippen LogP contribution in [-0.2, 0) is 16.2 Å². The third-order valence-corrected chi connectivity index (χ3v) is 29.2. The van der Waals surface area contributed by atoms with E-state index in [2.05, 4.69) is 328 Å². The summed E-state index contributed by atoms with van der Waals surface area (Å²) in [4.78, 5) is 41.6. The number of hydrogen-bond donors (Lipinski definition) is 0. The number of aromatic nitrogens is 11. The molecule has 8 heterocycles. The van der Waals surface area contributed by atoms with Crippen LogP contribution in [0.4, 0.5) is 0 Å². The van der Waals surface area contributed by atoms with E-state index in [0.29, 0.717) is 35.2 Å². The van der Waals surface area contributed by atoms with Crippen LogP contribution in [0.5, 0.6) is 0 Å². The smallest absolute Gasteiger partial charge is 0.238 e. The Morgan fingerprint density at radius 3 is 1.11 bits per heavy atom. The van der Waals surface area contributed by atoms with Gasteiger partial charge in [-0.2, -0.15) is 19.9 Å². The first kappa shape index (κ1) is 76.7. The number of nitrogens with zero attached hydrogens (tertiary/aromatic N) is 11. The highest BCUT2D eigenvalue weighted by atomic mass is 32.1. The summed E-state index contributed by atoms with van der Waals surface area (Å²) in [6.07, 6.45) is 0. The maximum atomic E-state index is 6.45. The van der Waals surface area contributed by atoms with Crippen LogP contribution >= 0.6 is 11.3 Å². The molecule has 0 fully saturated rings. The molecule has 3 aliphatic rings. The topological polar surface area (TPSA) is 131 Å². The zero-order valence-corrected chi connectivity index (χ0v) is 73.9. The lowest BCUT2D eigenvalue weighted by Gasteiger charge is -2.21. The lowest BCUT2D eigenvalue weighted by Crippen LogP contribution is -2.14. The average molecular weight is 1710 g/mol. The molecule has 0 spiro atoms. The van der Waals surface area contributed by atoms with Crippen LogP contribution in [0.1, 0.15) is 74.9 Å². The van der Waals surface area contributed by atoms with E-state index in [1.165, 1.54) is 119 Å². The summed E-state index contributed by atoms with van der Waals surface area (Å²) in [7, 11) is 0. The van der Waals surface area contributed by atoms with Gasteiger partial charge in [-0.3, -0.25) is 13.7 Å². The Hall–Kier alpha value is -16.5. The fourth-order valence-electron chi connectivity index (χ4n) is 21.8. The maximum absolute atomic E-state index is 6.45. The van der Waals surface area contributed by atoms with Crippen LogP contribution in [-0.4, -0.2) is 53.6 Å². The van der Waals surface area contributed by atoms with Crippen LogP contribution in [0.15, 0.2) is 387 Å². The zero-order chi connectivity index (χ0) is 88.0. The van der Waals surface area contributed by atoms with Gasteiger partial charge in [-0.25, -0.2) is 19.9 Å². The minimum atomic E-state index is -0.102. The van der Waals surface area contributed by atoms with Crippen molar-refractivity contribution in [3.63, 3.8) is 0 Å². The van der Waals surface area contributed by atoms with Gasteiger partial charge >= 0.3 is 0 Å². The lowest BCUT2D eigenvalue weighted by molar-refractivity contribution is 0.660. The van der Waals surface area contributed by atoms with Gasteiger partial charge in [-0.1, -0.05) is 351 Å². The predicted octanol–water partition coefficient (Wildman–Crippen LogP) is 30.2. The minimum Gasteiger partial charge on any atom is -0.455 e. The Morgan fingerprint density at radius 2 is 0.606 bits per heavy atom. The van der Waals surface area contributed by atoms with Crippen LogP contribution in [0.2, 0.25) is 0 Å². The normalized spacial score (nSPS) is 13.6. The second kappa shape index (κ2) is 29.3. The fraction of sp³-hybridized carbons (Fsp3) is 0.0756. The van der Waals surface area contributed by atoms with Gasteiger partial charge in [0.2, 0.25) is 11.9 Å². The molecule has 17 aromatic carbocycles. The van der Waals surface area contributed by atoms with Crippen molar-refractivity contribution in [2.75, 3.05) is 0 Å². The molecule has 0 N–H and O–H groups in total. The molecule has 0 radical (unpaired) electrons. The fourth-order valence-corrected chi connectivity index (χ4v) is 23.0. The van der Waals surface area contributed by atoms with E-state index in [1.807, 2.05) is 109 Å². The molecule has 28 rings (SSSR count). The van der Waals surface area contributed by atoms with Gasteiger partial charge in [-0.05, 0) is 140 Å². The lowest BCUT2D eigenvalue weighted by atomic mass is 9.82. The number of thiophene rings is 1. The molecule has 8 aromatic heterocycles. The highest BCUT2D eigenvalue weighted by molar-refractivity contribution is 7.26. The minimum absolute atomic E-state index is 0.0543. The molecule has 25 aromatic rings.